The van der Waals surface area contributed by atoms with Gasteiger partial charge in [-0.3, -0.25) is 14.4 Å². The summed E-state index contributed by atoms with van der Waals surface area (Å²) >= 11 is 1.59. The molecule has 1 saturated heterocycles. The smallest absolute Gasteiger partial charge is 0.328 e. The fourth-order valence-electron chi connectivity index (χ4n) is 3.31. The summed E-state index contributed by atoms with van der Waals surface area (Å²) < 4.78 is 0. The van der Waals surface area contributed by atoms with E-state index in [9.17, 15) is 19.2 Å². The van der Waals surface area contributed by atoms with E-state index in [2.05, 4.69) is 10.6 Å². The van der Waals surface area contributed by atoms with Crippen molar-refractivity contribution in [2.45, 2.75) is 63.7 Å². The average Bonchev–Trinajstić information content (AvgIpc) is 3.18. The Morgan fingerprint density at radius 3 is 2.40 bits per heavy atom. The van der Waals surface area contributed by atoms with Gasteiger partial charge in [-0.1, -0.05) is 13.8 Å². The molecule has 1 aliphatic rings. The predicted molar refractivity (Wildman–Crippen MR) is 114 cm³/mol. The van der Waals surface area contributed by atoms with Crippen molar-refractivity contribution >= 4 is 35.5 Å². The van der Waals surface area contributed by atoms with E-state index in [1.54, 1.807) is 11.8 Å². The van der Waals surface area contributed by atoms with Gasteiger partial charge in [0.1, 0.15) is 18.1 Å². The summed E-state index contributed by atoms with van der Waals surface area (Å²) in [5, 5.41) is 23.1. The lowest BCUT2D eigenvalue weighted by atomic mass is 10.0. The lowest BCUT2D eigenvalue weighted by Gasteiger charge is -2.29. The Hall–Kier alpha value is -1.85. The Morgan fingerprint density at radius 1 is 1.20 bits per heavy atom. The molecule has 0 aromatic carbocycles. The van der Waals surface area contributed by atoms with E-state index < -0.39 is 48.6 Å². The van der Waals surface area contributed by atoms with Crippen molar-refractivity contribution < 1.29 is 29.4 Å². The van der Waals surface area contributed by atoms with Crippen LogP contribution in [0.15, 0.2) is 0 Å². The molecule has 0 radical (unpaired) electrons. The number of nitrogens with two attached hydrogens (primary N) is 1. The summed E-state index contributed by atoms with van der Waals surface area (Å²) in [7, 11) is 0. The maximum atomic E-state index is 12.9. The van der Waals surface area contributed by atoms with E-state index in [1.807, 2.05) is 20.1 Å². The molecule has 1 aliphatic heterocycles. The standard InChI is InChI=1S/C19H34N4O6S/c1-11(2)9-13(16(25)22-14(10-24)19(28)29)21-17(26)15-5-4-7-23(15)18(27)12(20)6-8-30-3/h11-15,24H,4-10,20H2,1-3H3,(H,21,26)(H,22,25)(H,28,29). The number of amides is 3. The predicted octanol–water partition coefficient (Wildman–Crippen LogP) is -0.850. The number of likely N-dealkylation sites (tertiary alicyclic amines) is 1. The number of hydrogen-bond donors (Lipinski definition) is 5. The second-order valence-electron chi connectivity index (χ2n) is 7.85. The first-order valence-electron chi connectivity index (χ1n) is 10.1. The van der Waals surface area contributed by atoms with Gasteiger partial charge in [-0.05, 0) is 43.6 Å². The molecule has 1 rings (SSSR count). The molecule has 172 valence electrons. The number of aliphatic carboxylic acids is 1. The van der Waals surface area contributed by atoms with Crippen molar-refractivity contribution in [1.82, 2.24) is 15.5 Å². The highest BCUT2D eigenvalue weighted by molar-refractivity contribution is 7.98. The van der Waals surface area contributed by atoms with Crippen LogP contribution in [0.5, 0.6) is 0 Å². The van der Waals surface area contributed by atoms with Crippen LogP contribution in [-0.2, 0) is 19.2 Å². The highest BCUT2D eigenvalue weighted by atomic mass is 32.2. The Morgan fingerprint density at radius 2 is 1.87 bits per heavy atom. The van der Waals surface area contributed by atoms with Crippen LogP contribution in [0.4, 0.5) is 0 Å². The SMILES string of the molecule is CSCCC(N)C(=O)N1CCCC1C(=O)NC(CC(C)C)C(=O)NC(CO)C(=O)O. The Balaban J connectivity index is 2.85. The van der Waals surface area contributed by atoms with Crippen molar-refractivity contribution in [3.63, 3.8) is 0 Å². The molecule has 0 aliphatic carbocycles. The molecule has 4 unspecified atom stereocenters. The summed E-state index contributed by atoms with van der Waals surface area (Å²) in [6, 6.07) is -3.83. The van der Waals surface area contributed by atoms with Gasteiger partial charge in [0.25, 0.3) is 0 Å². The number of nitrogens with zero attached hydrogens (tertiary/aromatic N) is 1. The molecule has 4 atom stereocenters. The molecule has 1 heterocycles. The van der Waals surface area contributed by atoms with Crippen LogP contribution >= 0.6 is 11.8 Å². The minimum Gasteiger partial charge on any atom is -0.480 e. The molecule has 3 amide bonds. The quantitative estimate of drug-likeness (QED) is 0.259. The summed E-state index contributed by atoms with van der Waals surface area (Å²) in [5.41, 5.74) is 5.98. The number of carboxylic acid groups (broad SMARTS) is 1. The van der Waals surface area contributed by atoms with Gasteiger partial charge in [-0.15, -0.1) is 0 Å². The number of thioether (sulfide) groups is 1. The van der Waals surface area contributed by atoms with Crippen LogP contribution in [0.2, 0.25) is 0 Å². The van der Waals surface area contributed by atoms with Gasteiger partial charge in [0.15, 0.2) is 0 Å². The van der Waals surface area contributed by atoms with Crippen LogP contribution in [0, 0.1) is 5.92 Å². The number of carboxylic acids is 1. The third kappa shape index (κ3) is 7.77. The second-order valence-corrected chi connectivity index (χ2v) is 8.84. The molecule has 30 heavy (non-hydrogen) atoms. The van der Waals surface area contributed by atoms with Gasteiger partial charge in [0.2, 0.25) is 17.7 Å². The molecular weight excluding hydrogens is 412 g/mol. The van der Waals surface area contributed by atoms with E-state index in [0.717, 1.165) is 5.75 Å². The molecule has 0 aromatic rings. The van der Waals surface area contributed by atoms with E-state index in [0.29, 0.717) is 25.8 Å². The fraction of sp³-hybridized carbons (Fsp3) is 0.789. The molecule has 0 spiro atoms. The van der Waals surface area contributed by atoms with Crippen LogP contribution < -0.4 is 16.4 Å². The van der Waals surface area contributed by atoms with Gasteiger partial charge in [0, 0.05) is 6.54 Å². The van der Waals surface area contributed by atoms with Gasteiger partial charge in [-0.2, -0.15) is 11.8 Å². The van der Waals surface area contributed by atoms with Gasteiger partial charge >= 0.3 is 5.97 Å². The molecule has 10 nitrogen and oxygen atoms in total. The van der Waals surface area contributed by atoms with Crippen molar-refractivity contribution in [3.05, 3.63) is 0 Å². The lowest BCUT2D eigenvalue weighted by Crippen LogP contribution is -2.57. The Bertz CT molecular complexity index is 618. The van der Waals surface area contributed by atoms with Crippen molar-refractivity contribution in [1.29, 1.82) is 0 Å². The molecule has 0 saturated carbocycles. The van der Waals surface area contributed by atoms with Crippen LogP contribution in [0.25, 0.3) is 0 Å². The third-order valence-electron chi connectivity index (χ3n) is 4.93. The number of nitrogens with one attached hydrogen (secondary N) is 2. The highest BCUT2D eigenvalue weighted by Crippen LogP contribution is 2.20. The summed E-state index contributed by atoms with van der Waals surface area (Å²) in [6.45, 7) is 3.39. The summed E-state index contributed by atoms with van der Waals surface area (Å²) in [6.07, 6.45) is 3.85. The second kappa shape index (κ2) is 12.8. The average molecular weight is 447 g/mol. The van der Waals surface area contributed by atoms with E-state index in [1.165, 1.54) is 4.90 Å². The Kier molecular flexibility index (Phi) is 11.1. The number of aliphatic hydroxyl groups is 1. The van der Waals surface area contributed by atoms with E-state index >= 15 is 0 Å². The molecule has 0 bridgehead atoms. The molecule has 6 N–H and O–H groups in total. The lowest BCUT2D eigenvalue weighted by molar-refractivity contribution is -0.144. The normalized spacial score (nSPS) is 19.3. The summed E-state index contributed by atoms with van der Waals surface area (Å²) in [5.74, 6) is -2.02. The van der Waals surface area contributed by atoms with Crippen molar-refractivity contribution in [2.75, 3.05) is 25.2 Å². The molecule has 1 fully saturated rings. The maximum Gasteiger partial charge on any atom is 0.328 e. The third-order valence-corrected chi connectivity index (χ3v) is 5.57. The zero-order valence-electron chi connectivity index (χ0n) is 17.8. The minimum atomic E-state index is -1.46. The Labute approximate surface area is 181 Å². The van der Waals surface area contributed by atoms with Crippen molar-refractivity contribution in [2.24, 2.45) is 11.7 Å². The summed E-state index contributed by atoms with van der Waals surface area (Å²) in [4.78, 5) is 50.6. The monoisotopic (exact) mass is 446 g/mol. The van der Waals surface area contributed by atoms with E-state index in [4.69, 9.17) is 15.9 Å². The van der Waals surface area contributed by atoms with E-state index in [-0.39, 0.29) is 18.2 Å². The first kappa shape index (κ1) is 26.2. The largest absolute Gasteiger partial charge is 0.480 e. The maximum absolute atomic E-state index is 12.9. The number of aliphatic hydroxyl groups excluding tert-OH is 1. The number of hydrogen-bond acceptors (Lipinski definition) is 7. The molecule has 11 heteroatoms. The number of carbonyl (C=O) groups excluding carboxylic acids is 3. The number of carbonyl (C=O) groups is 4. The topological polar surface area (TPSA) is 162 Å². The van der Waals surface area contributed by atoms with Gasteiger partial charge in [0.05, 0.1) is 12.6 Å². The first-order chi connectivity index (χ1) is 14.1. The molecular formula is C19H34N4O6S. The van der Waals surface area contributed by atoms with Crippen molar-refractivity contribution in [3.8, 4) is 0 Å². The minimum absolute atomic E-state index is 0.0414. The zero-order chi connectivity index (χ0) is 22.8. The van der Waals surface area contributed by atoms with Crippen LogP contribution in [0.3, 0.4) is 0 Å². The van der Waals surface area contributed by atoms with Crippen LogP contribution in [-0.4, -0.2) is 88.1 Å². The highest BCUT2D eigenvalue weighted by Gasteiger charge is 2.37. The fourth-order valence-corrected chi connectivity index (χ4v) is 3.80. The zero-order valence-corrected chi connectivity index (χ0v) is 18.6. The van der Waals surface area contributed by atoms with Crippen LogP contribution in [0.1, 0.15) is 39.5 Å². The van der Waals surface area contributed by atoms with Gasteiger partial charge < -0.3 is 31.5 Å². The molecule has 0 aromatic heterocycles. The first-order valence-corrected chi connectivity index (χ1v) is 11.5. The number of rotatable bonds is 12. The van der Waals surface area contributed by atoms with Gasteiger partial charge in [-0.25, -0.2) is 4.79 Å².